The maximum atomic E-state index is 6.14. The molecule has 0 aliphatic rings. The standard InChI is InChI=1S/C19H26ClN5OSi/c1-13(2)15-9-22-18(16-10-21-17(20)8-14(15)16)19-23-11-24-25(19)12-26-6-7-27(3,4)5/h8-11,13H,6-7,12H2,1-5H3. The molecule has 27 heavy (non-hydrogen) atoms. The van der Waals surface area contributed by atoms with Crippen LogP contribution in [0.4, 0.5) is 0 Å². The highest BCUT2D eigenvalue weighted by atomic mass is 35.5. The molecule has 144 valence electrons. The molecule has 3 heterocycles. The number of aromatic nitrogens is 5. The zero-order valence-electron chi connectivity index (χ0n) is 16.5. The van der Waals surface area contributed by atoms with Gasteiger partial charge in [-0.25, -0.2) is 14.6 Å². The molecular formula is C19H26ClN5OSi. The van der Waals surface area contributed by atoms with Gasteiger partial charge in [0.05, 0.1) is 0 Å². The number of hydrogen-bond acceptors (Lipinski definition) is 5. The predicted molar refractivity (Wildman–Crippen MR) is 112 cm³/mol. The van der Waals surface area contributed by atoms with Crippen LogP contribution in [0.15, 0.2) is 24.8 Å². The van der Waals surface area contributed by atoms with Crippen LogP contribution in [0.2, 0.25) is 30.8 Å². The van der Waals surface area contributed by atoms with Gasteiger partial charge in [0.25, 0.3) is 0 Å². The summed E-state index contributed by atoms with van der Waals surface area (Å²) in [6.07, 6.45) is 5.19. The minimum atomic E-state index is -1.12. The molecule has 0 fully saturated rings. The quantitative estimate of drug-likeness (QED) is 0.316. The molecule has 0 unspecified atom stereocenters. The van der Waals surface area contributed by atoms with Gasteiger partial charge in [0.1, 0.15) is 23.9 Å². The summed E-state index contributed by atoms with van der Waals surface area (Å²) in [4.78, 5) is 13.3. The van der Waals surface area contributed by atoms with Gasteiger partial charge in [-0.05, 0) is 29.0 Å². The van der Waals surface area contributed by atoms with Crippen molar-refractivity contribution in [3.63, 3.8) is 0 Å². The van der Waals surface area contributed by atoms with E-state index in [4.69, 9.17) is 16.3 Å². The Kier molecular flexibility index (Phi) is 5.93. The van der Waals surface area contributed by atoms with Crippen LogP contribution < -0.4 is 0 Å². The number of rotatable bonds is 7. The molecule has 0 atom stereocenters. The lowest BCUT2D eigenvalue weighted by Crippen LogP contribution is -2.22. The second kappa shape index (κ2) is 8.04. The summed E-state index contributed by atoms with van der Waals surface area (Å²) in [5.41, 5.74) is 1.88. The van der Waals surface area contributed by atoms with Gasteiger partial charge in [-0.15, -0.1) is 0 Å². The molecule has 0 aromatic carbocycles. The van der Waals surface area contributed by atoms with E-state index in [-0.39, 0.29) is 0 Å². The van der Waals surface area contributed by atoms with Gasteiger partial charge in [-0.1, -0.05) is 45.1 Å². The number of fused-ring (bicyclic) bond motifs is 1. The van der Waals surface area contributed by atoms with Crippen molar-refractivity contribution in [2.45, 2.75) is 52.2 Å². The van der Waals surface area contributed by atoms with Crippen molar-refractivity contribution < 1.29 is 4.74 Å². The highest BCUT2D eigenvalue weighted by Gasteiger charge is 2.17. The van der Waals surface area contributed by atoms with E-state index < -0.39 is 8.07 Å². The van der Waals surface area contributed by atoms with E-state index in [1.54, 1.807) is 10.9 Å². The minimum absolute atomic E-state index is 0.329. The topological polar surface area (TPSA) is 65.7 Å². The van der Waals surface area contributed by atoms with Crippen LogP contribution in [0.5, 0.6) is 0 Å². The average molecular weight is 404 g/mol. The molecule has 3 aromatic rings. The van der Waals surface area contributed by atoms with Gasteiger partial charge in [-0.2, -0.15) is 5.10 Å². The Morgan fingerprint density at radius 3 is 2.59 bits per heavy atom. The summed E-state index contributed by atoms with van der Waals surface area (Å²) < 4.78 is 7.59. The first-order chi connectivity index (χ1) is 12.8. The Hall–Kier alpha value is -1.83. The van der Waals surface area contributed by atoms with Crippen LogP contribution in [0.3, 0.4) is 0 Å². The van der Waals surface area contributed by atoms with E-state index in [2.05, 4.69) is 53.5 Å². The van der Waals surface area contributed by atoms with Crippen LogP contribution in [0, 0.1) is 0 Å². The number of hydrogen-bond donors (Lipinski definition) is 0. The van der Waals surface area contributed by atoms with Crippen LogP contribution in [0.25, 0.3) is 22.3 Å². The SMILES string of the molecule is CC(C)c1cnc(-c2ncnn2COCC[Si](C)(C)C)c2cnc(Cl)cc12. The Bertz CT molecular complexity index is 935. The molecule has 0 aliphatic heterocycles. The molecule has 0 radical (unpaired) electrons. The largest absolute Gasteiger partial charge is 0.359 e. The molecule has 0 N–H and O–H groups in total. The number of pyridine rings is 2. The second-order valence-electron chi connectivity index (χ2n) is 8.20. The first-order valence-electron chi connectivity index (χ1n) is 9.16. The number of halogens is 1. The molecule has 0 amide bonds. The Morgan fingerprint density at radius 1 is 1.11 bits per heavy atom. The van der Waals surface area contributed by atoms with Crippen molar-refractivity contribution in [3.8, 4) is 11.5 Å². The summed E-state index contributed by atoms with van der Waals surface area (Å²) in [7, 11) is -1.12. The van der Waals surface area contributed by atoms with E-state index >= 15 is 0 Å². The van der Waals surface area contributed by atoms with Crippen LogP contribution >= 0.6 is 11.6 Å². The highest BCUT2D eigenvalue weighted by molar-refractivity contribution is 6.76. The number of ether oxygens (including phenoxy) is 1. The van der Waals surface area contributed by atoms with Gasteiger partial charge in [0, 0.05) is 32.5 Å². The van der Waals surface area contributed by atoms with Crippen molar-refractivity contribution in [1.82, 2.24) is 24.7 Å². The van der Waals surface area contributed by atoms with Crippen LogP contribution in [0.1, 0.15) is 25.3 Å². The summed E-state index contributed by atoms with van der Waals surface area (Å²) in [5.74, 6) is 1.00. The van der Waals surface area contributed by atoms with Crippen molar-refractivity contribution in [2.24, 2.45) is 0 Å². The first kappa shape index (κ1) is 19.9. The van der Waals surface area contributed by atoms with Crippen molar-refractivity contribution in [1.29, 1.82) is 0 Å². The molecule has 0 spiro atoms. The normalized spacial score (nSPS) is 12.3. The van der Waals surface area contributed by atoms with E-state index in [0.717, 1.165) is 34.7 Å². The fraction of sp³-hybridized carbons (Fsp3) is 0.474. The summed E-state index contributed by atoms with van der Waals surface area (Å²) in [6, 6.07) is 3.01. The Labute approximate surface area is 166 Å². The molecule has 0 saturated heterocycles. The third-order valence-corrected chi connectivity index (χ3v) is 6.34. The monoisotopic (exact) mass is 403 g/mol. The third kappa shape index (κ3) is 4.72. The smallest absolute Gasteiger partial charge is 0.179 e. The van der Waals surface area contributed by atoms with Gasteiger partial charge in [-0.3, -0.25) is 4.98 Å². The van der Waals surface area contributed by atoms with E-state index in [9.17, 15) is 0 Å². The lowest BCUT2D eigenvalue weighted by Gasteiger charge is -2.16. The molecule has 3 aromatic heterocycles. The molecule has 0 bridgehead atoms. The molecule has 8 heteroatoms. The zero-order valence-corrected chi connectivity index (χ0v) is 18.3. The van der Waals surface area contributed by atoms with Gasteiger partial charge < -0.3 is 4.74 Å². The maximum Gasteiger partial charge on any atom is 0.179 e. The fourth-order valence-electron chi connectivity index (χ4n) is 2.84. The highest BCUT2D eigenvalue weighted by Crippen LogP contribution is 2.31. The van der Waals surface area contributed by atoms with Crippen molar-refractivity contribution >= 4 is 30.4 Å². The van der Waals surface area contributed by atoms with Gasteiger partial charge in [0.2, 0.25) is 0 Å². The van der Waals surface area contributed by atoms with Crippen molar-refractivity contribution in [3.05, 3.63) is 35.5 Å². The average Bonchev–Trinajstić information content (AvgIpc) is 3.04. The fourth-order valence-corrected chi connectivity index (χ4v) is 3.75. The minimum Gasteiger partial charge on any atom is -0.359 e. The van der Waals surface area contributed by atoms with Gasteiger partial charge >= 0.3 is 0 Å². The molecule has 0 aliphatic carbocycles. The third-order valence-electron chi connectivity index (χ3n) is 4.43. The predicted octanol–water partition coefficient (Wildman–Crippen LogP) is 4.98. The maximum absolute atomic E-state index is 6.14. The summed E-state index contributed by atoms with van der Waals surface area (Å²) >= 11 is 6.14. The lowest BCUT2D eigenvalue weighted by atomic mass is 9.98. The molecular weight excluding hydrogens is 378 g/mol. The molecule has 3 rings (SSSR count). The molecule has 6 nitrogen and oxygen atoms in total. The Balaban J connectivity index is 1.93. The summed E-state index contributed by atoms with van der Waals surface area (Å²) in [5, 5.41) is 6.75. The first-order valence-corrected chi connectivity index (χ1v) is 13.2. The molecule has 0 saturated carbocycles. The zero-order chi connectivity index (χ0) is 19.6. The van der Waals surface area contributed by atoms with E-state index in [1.807, 2.05) is 12.3 Å². The summed E-state index contributed by atoms with van der Waals surface area (Å²) in [6.45, 7) is 12.4. The van der Waals surface area contributed by atoms with Gasteiger partial charge in [0.15, 0.2) is 5.82 Å². The second-order valence-corrected chi connectivity index (χ2v) is 14.2. The Morgan fingerprint density at radius 2 is 1.89 bits per heavy atom. The van der Waals surface area contributed by atoms with Crippen LogP contribution in [-0.4, -0.2) is 39.4 Å². The number of nitrogens with zero attached hydrogens (tertiary/aromatic N) is 5. The lowest BCUT2D eigenvalue weighted by molar-refractivity contribution is 0.0796. The van der Waals surface area contributed by atoms with E-state index in [1.165, 1.54) is 6.33 Å². The van der Waals surface area contributed by atoms with Crippen molar-refractivity contribution in [2.75, 3.05) is 6.61 Å². The van der Waals surface area contributed by atoms with E-state index in [0.29, 0.717) is 23.6 Å². The van der Waals surface area contributed by atoms with Crippen LogP contribution in [-0.2, 0) is 11.5 Å².